The molecule has 0 spiro atoms. The van der Waals surface area contributed by atoms with Gasteiger partial charge in [-0.05, 0) is 44.5 Å². The first-order chi connectivity index (χ1) is 9.07. The van der Waals surface area contributed by atoms with Gasteiger partial charge in [-0.3, -0.25) is 0 Å². The van der Waals surface area contributed by atoms with Gasteiger partial charge in [0.1, 0.15) is 12.4 Å². The largest absolute Gasteiger partial charge is 0.492 e. The molecule has 1 fully saturated rings. The summed E-state index contributed by atoms with van der Waals surface area (Å²) in [6.07, 6.45) is 1.27. The number of benzene rings is 1. The van der Waals surface area contributed by atoms with Crippen LogP contribution in [0.5, 0.6) is 5.75 Å². The second kappa shape index (κ2) is 7.87. The summed E-state index contributed by atoms with van der Waals surface area (Å²) in [5.74, 6) is 0.966. The van der Waals surface area contributed by atoms with E-state index in [1.807, 2.05) is 12.1 Å². The molecule has 114 valence electrons. The molecule has 1 atom stereocenters. The molecule has 2 rings (SSSR count). The minimum absolute atomic E-state index is 0. The van der Waals surface area contributed by atoms with E-state index in [-0.39, 0.29) is 12.4 Å². The van der Waals surface area contributed by atoms with E-state index < -0.39 is 0 Å². The van der Waals surface area contributed by atoms with Crippen LogP contribution in [-0.4, -0.2) is 44.7 Å². The summed E-state index contributed by atoms with van der Waals surface area (Å²) >= 11 is 0. The third kappa shape index (κ3) is 5.31. The van der Waals surface area contributed by atoms with Gasteiger partial charge in [-0.2, -0.15) is 0 Å². The van der Waals surface area contributed by atoms with E-state index in [2.05, 4.69) is 43.2 Å². The van der Waals surface area contributed by atoms with Crippen LogP contribution >= 0.6 is 12.4 Å². The van der Waals surface area contributed by atoms with Gasteiger partial charge >= 0.3 is 0 Å². The third-order valence-corrected chi connectivity index (χ3v) is 3.87. The van der Waals surface area contributed by atoms with Crippen molar-refractivity contribution >= 4 is 12.4 Å². The molecule has 0 aromatic heterocycles. The van der Waals surface area contributed by atoms with E-state index in [1.165, 1.54) is 12.0 Å². The summed E-state index contributed by atoms with van der Waals surface area (Å²) in [6.45, 7) is 9.61. The van der Waals surface area contributed by atoms with E-state index in [1.54, 1.807) is 0 Å². The first kappa shape index (κ1) is 17.3. The Balaban J connectivity index is 0.00000200. The summed E-state index contributed by atoms with van der Waals surface area (Å²) in [7, 11) is 2.18. The van der Waals surface area contributed by atoms with Crippen molar-refractivity contribution in [3.05, 3.63) is 29.8 Å². The van der Waals surface area contributed by atoms with Gasteiger partial charge in [-0.25, -0.2) is 0 Å². The van der Waals surface area contributed by atoms with Crippen LogP contribution in [0.1, 0.15) is 18.9 Å². The topological polar surface area (TPSA) is 24.5 Å². The fourth-order valence-electron chi connectivity index (χ4n) is 2.69. The first-order valence-electron chi connectivity index (χ1n) is 7.16. The molecule has 1 aliphatic rings. The first-order valence-corrected chi connectivity index (χ1v) is 7.16. The second-order valence-electron chi connectivity index (χ2n) is 6.14. The number of likely N-dealkylation sites (N-methyl/N-ethyl adjacent to an activating group) is 1. The Labute approximate surface area is 129 Å². The van der Waals surface area contributed by atoms with E-state index in [0.717, 1.165) is 38.5 Å². The summed E-state index contributed by atoms with van der Waals surface area (Å²) in [4.78, 5) is 2.38. The van der Waals surface area contributed by atoms with Crippen LogP contribution in [0.2, 0.25) is 0 Å². The highest BCUT2D eigenvalue weighted by Crippen LogP contribution is 2.25. The Morgan fingerprint density at radius 1 is 1.30 bits per heavy atom. The molecule has 0 aliphatic carbocycles. The number of rotatable bonds is 6. The molecule has 1 N–H and O–H groups in total. The molecule has 1 aliphatic heterocycles. The number of aryl methyl sites for hydroxylation is 1. The normalized spacial score (nSPS) is 21.8. The predicted molar refractivity (Wildman–Crippen MR) is 87.0 cm³/mol. The molecule has 0 radical (unpaired) electrons. The number of halogens is 1. The van der Waals surface area contributed by atoms with Gasteiger partial charge in [0.05, 0.1) is 0 Å². The van der Waals surface area contributed by atoms with Crippen molar-refractivity contribution in [2.75, 3.05) is 39.8 Å². The van der Waals surface area contributed by atoms with E-state index >= 15 is 0 Å². The molecule has 1 aromatic carbocycles. The lowest BCUT2D eigenvalue weighted by atomic mass is 9.89. The van der Waals surface area contributed by atoms with Gasteiger partial charge in [0.15, 0.2) is 0 Å². The number of ether oxygens (including phenoxy) is 1. The molecular formula is C16H27ClN2O. The standard InChI is InChI=1S/C16H26N2O.ClH/c1-14-4-6-15(7-5-14)19-11-10-18(3)13-16(2)8-9-17-12-16;/h4-7,17H,8-13H2,1-3H3;1H. The number of hydrogen-bond acceptors (Lipinski definition) is 3. The van der Waals surface area contributed by atoms with Gasteiger partial charge in [0.25, 0.3) is 0 Å². The van der Waals surface area contributed by atoms with Gasteiger partial charge in [-0.1, -0.05) is 24.6 Å². The zero-order chi connectivity index (χ0) is 13.7. The highest BCUT2D eigenvalue weighted by Gasteiger charge is 2.29. The molecule has 3 nitrogen and oxygen atoms in total. The Morgan fingerprint density at radius 2 is 2.00 bits per heavy atom. The van der Waals surface area contributed by atoms with Crippen molar-refractivity contribution in [1.82, 2.24) is 10.2 Å². The maximum absolute atomic E-state index is 5.77. The van der Waals surface area contributed by atoms with E-state index in [4.69, 9.17) is 4.74 Å². The second-order valence-corrected chi connectivity index (χ2v) is 6.14. The highest BCUT2D eigenvalue weighted by molar-refractivity contribution is 5.85. The zero-order valence-corrected chi connectivity index (χ0v) is 13.6. The lowest BCUT2D eigenvalue weighted by Gasteiger charge is -2.29. The molecule has 1 aromatic rings. The van der Waals surface area contributed by atoms with Crippen LogP contribution in [0.3, 0.4) is 0 Å². The van der Waals surface area contributed by atoms with E-state index in [0.29, 0.717) is 5.41 Å². The lowest BCUT2D eigenvalue weighted by Crippen LogP contribution is -2.37. The molecule has 1 saturated heterocycles. The summed E-state index contributed by atoms with van der Waals surface area (Å²) in [5.41, 5.74) is 1.70. The fourth-order valence-corrected chi connectivity index (χ4v) is 2.69. The Morgan fingerprint density at radius 3 is 2.60 bits per heavy atom. The van der Waals surface area contributed by atoms with Gasteiger partial charge in [0.2, 0.25) is 0 Å². The summed E-state index contributed by atoms with van der Waals surface area (Å²) in [6, 6.07) is 8.25. The van der Waals surface area contributed by atoms with Crippen molar-refractivity contribution < 1.29 is 4.74 Å². The molecule has 0 saturated carbocycles. The summed E-state index contributed by atoms with van der Waals surface area (Å²) < 4.78 is 5.77. The number of nitrogens with one attached hydrogen (secondary N) is 1. The lowest BCUT2D eigenvalue weighted by molar-refractivity contribution is 0.177. The monoisotopic (exact) mass is 298 g/mol. The molecule has 4 heteroatoms. The Hall–Kier alpha value is -0.770. The molecule has 20 heavy (non-hydrogen) atoms. The quantitative estimate of drug-likeness (QED) is 0.874. The van der Waals surface area contributed by atoms with Crippen LogP contribution in [-0.2, 0) is 0 Å². The number of hydrogen-bond donors (Lipinski definition) is 1. The van der Waals surface area contributed by atoms with Crippen LogP contribution in [0, 0.1) is 12.3 Å². The van der Waals surface area contributed by atoms with Crippen LogP contribution in [0.15, 0.2) is 24.3 Å². The van der Waals surface area contributed by atoms with Crippen LogP contribution in [0.4, 0.5) is 0 Å². The summed E-state index contributed by atoms with van der Waals surface area (Å²) in [5, 5.41) is 3.45. The van der Waals surface area contributed by atoms with Crippen molar-refractivity contribution in [3.8, 4) is 5.75 Å². The van der Waals surface area contributed by atoms with Gasteiger partial charge in [0, 0.05) is 19.6 Å². The minimum Gasteiger partial charge on any atom is -0.492 e. The van der Waals surface area contributed by atoms with Crippen molar-refractivity contribution in [2.45, 2.75) is 20.3 Å². The maximum atomic E-state index is 5.77. The highest BCUT2D eigenvalue weighted by atomic mass is 35.5. The van der Waals surface area contributed by atoms with Gasteiger partial charge < -0.3 is 15.0 Å². The van der Waals surface area contributed by atoms with Crippen molar-refractivity contribution in [2.24, 2.45) is 5.41 Å². The van der Waals surface area contributed by atoms with Crippen LogP contribution < -0.4 is 10.1 Å². The SMILES string of the molecule is Cc1ccc(OCCN(C)CC2(C)CCNC2)cc1.Cl. The average Bonchev–Trinajstić information content (AvgIpc) is 2.78. The molecule has 1 heterocycles. The fraction of sp³-hybridized carbons (Fsp3) is 0.625. The third-order valence-electron chi connectivity index (χ3n) is 3.87. The predicted octanol–water partition coefficient (Wildman–Crippen LogP) is 2.73. The maximum Gasteiger partial charge on any atom is 0.119 e. The molecular weight excluding hydrogens is 272 g/mol. The van der Waals surface area contributed by atoms with Gasteiger partial charge in [-0.15, -0.1) is 12.4 Å². The average molecular weight is 299 g/mol. The van der Waals surface area contributed by atoms with Crippen LogP contribution in [0.25, 0.3) is 0 Å². The van der Waals surface area contributed by atoms with Crippen molar-refractivity contribution in [3.63, 3.8) is 0 Å². The molecule has 0 bridgehead atoms. The number of nitrogens with zero attached hydrogens (tertiary/aromatic N) is 1. The zero-order valence-electron chi connectivity index (χ0n) is 12.8. The van der Waals surface area contributed by atoms with Crippen molar-refractivity contribution in [1.29, 1.82) is 0 Å². The minimum atomic E-state index is 0. The molecule has 0 amide bonds. The van der Waals surface area contributed by atoms with E-state index in [9.17, 15) is 0 Å². The molecule has 1 unspecified atom stereocenters. The Kier molecular flexibility index (Phi) is 6.80. The smallest absolute Gasteiger partial charge is 0.119 e. The Bertz CT molecular complexity index is 388.